The summed E-state index contributed by atoms with van der Waals surface area (Å²) in [5.74, 6) is 1.63. The summed E-state index contributed by atoms with van der Waals surface area (Å²) in [4.78, 5) is 33.0. The fourth-order valence-corrected chi connectivity index (χ4v) is 3.79. The van der Waals surface area contributed by atoms with Crippen molar-refractivity contribution >= 4 is 33.7 Å². The highest BCUT2D eigenvalue weighted by molar-refractivity contribution is 6.09. The Bertz CT molecular complexity index is 1040. The van der Waals surface area contributed by atoms with E-state index in [2.05, 4.69) is 19.9 Å². The second-order valence-corrected chi connectivity index (χ2v) is 6.97. The quantitative estimate of drug-likeness (QED) is 0.714. The van der Waals surface area contributed by atoms with Crippen LogP contribution >= 0.6 is 0 Å². The van der Waals surface area contributed by atoms with Crippen LogP contribution in [0, 0.1) is 24.2 Å². The number of rotatable bonds is 3. The number of anilines is 1. The van der Waals surface area contributed by atoms with Gasteiger partial charge in [0.2, 0.25) is 5.91 Å². The van der Waals surface area contributed by atoms with E-state index in [1.165, 1.54) is 4.90 Å². The Morgan fingerprint density at radius 1 is 1.41 bits per heavy atom. The van der Waals surface area contributed by atoms with E-state index in [0.717, 1.165) is 53.7 Å². The topological polar surface area (TPSA) is 102 Å². The highest BCUT2D eigenvalue weighted by Gasteiger charge is 2.29. The highest BCUT2D eigenvalue weighted by Crippen LogP contribution is 2.32. The zero-order valence-electron chi connectivity index (χ0n) is 15.4. The molecule has 0 radical (unpaired) electrons. The summed E-state index contributed by atoms with van der Waals surface area (Å²) >= 11 is 0. The van der Waals surface area contributed by atoms with Gasteiger partial charge < -0.3 is 14.8 Å². The second-order valence-electron chi connectivity index (χ2n) is 6.97. The summed E-state index contributed by atoms with van der Waals surface area (Å²) in [7, 11) is 1.69. The van der Waals surface area contributed by atoms with Crippen LogP contribution in [-0.2, 0) is 4.79 Å². The third kappa shape index (κ3) is 3.05. The molecule has 3 aromatic rings. The van der Waals surface area contributed by atoms with Gasteiger partial charge >= 0.3 is 0 Å². The zero-order chi connectivity index (χ0) is 19.0. The number of aromatic amines is 1. The van der Waals surface area contributed by atoms with Gasteiger partial charge in [0.05, 0.1) is 23.2 Å². The molecule has 1 aliphatic rings. The monoisotopic (exact) mass is 363 g/mol. The van der Waals surface area contributed by atoms with Crippen LogP contribution in [0.15, 0.2) is 18.5 Å². The van der Waals surface area contributed by atoms with Gasteiger partial charge in [-0.3, -0.25) is 4.79 Å². The maximum Gasteiger partial charge on any atom is 0.226 e. The Morgan fingerprint density at radius 2 is 2.19 bits per heavy atom. The van der Waals surface area contributed by atoms with Crippen molar-refractivity contribution in [3.63, 3.8) is 0 Å². The van der Waals surface area contributed by atoms with Crippen LogP contribution < -0.4 is 4.90 Å². The largest absolute Gasteiger partial charge is 0.356 e. The van der Waals surface area contributed by atoms with E-state index in [4.69, 9.17) is 10.2 Å². The van der Waals surface area contributed by atoms with Crippen molar-refractivity contribution in [1.29, 1.82) is 5.26 Å². The van der Waals surface area contributed by atoms with E-state index < -0.39 is 0 Å². The number of nitrogens with one attached hydrogen (secondary N) is 1. The average Bonchev–Trinajstić information content (AvgIpc) is 3.16. The number of amides is 1. The first-order valence-corrected chi connectivity index (χ1v) is 9.06. The minimum atomic E-state index is -0.0391. The summed E-state index contributed by atoms with van der Waals surface area (Å²) in [5.41, 5.74) is 1.65. The number of fused-ring (bicyclic) bond motifs is 3. The van der Waals surface area contributed by atoms with E-state index >= 15 is 0 Å². The third-order valence-corrected chi connectivity index (χ3v) is 5.17. The lowest BCUT2D eigenvalue weighted by Crippen LogP contribution is -2.41. The average molecular weight is 363 g/mol. The summed E-state index contributed by atoms with van der Waals surface area (Å²) in [5, 5.41) is 10.8. The molecule has 1 amide bonds. The van der Waals surface area contributed by atoms with Crippen LogP contribution in [0.1, 0.15) is 18.7 Å². The summed E-state index contributed by atoms with van der Waals surface area (Å²) in [6.07, 6.45) is 5.15. The van der Waals surface area contributed by atoms with Crippen molar-refractivity contribution in [3.8, 4) is 6.07 Å². The number of hydrogen-bond acceptors (Lipinski definition) is 6. The number of nitrogens with zero attached hydrogens (tertiary/aromatic N) is 6. The molecular weight excluding hydrogens is 342 g/mol. The lowest BCUT2D eigenvalue weighted by Gasteiger charge is -2.34. The number of aryl methyl sites for hydroxylation is 1. The molecule has 138 valence electrons. The zero-order valence-corrected chi connectivity index (χ0v) is 15.4. The molecule has 4 rings (SSSR count). The first kappa shape index (κ1) is 17.2. The first-order valence-electron chi connectivity index (χ1n) is 9.06. The van der Waals surface area contributed by atoms with E-state index in [9.17, 15) is 4.79 Å². The van der Waals surface area contributed by atoms with Crippen molar-refractivity contribution in [1.82, 2.24) is 24.8 Å². The van der Waals surface area contributed by atoms with Gasteiger partial charge in [-0.1, -0.05) is 0 Å². The number of hydrogen-bond donors (Lipinski definition) is 1. The Morgan fingerprint density at radius 3 is 2.93 bits per heavy atom. The van der Waals surface area contributed by atoms with Crippen molar-refractivity contribution < 1.29 is 4.79 Å². The summed E-state index contributed by atoms with van der Waals surface area (Å²) in [6.45, 7) is 3.51. The van der Waals surface area contributed by atoms with E-state index in [1.807, 2.05) is 25.3 Å². The molecule has 8 heteroatoms. The first-order chi connectivity index (χ1) is 13.1. The lowest BCUT2D eigenvalue weighted by atomic mass is 9.95. The number of carbonyl (C=O) groups is 1. The molecule has 27 heavy (non-hydrogen) atoms. The van der Waals surface area contributed by atoms with Crippen molar-refractivity contribution in [3.05, 3.63) is 24.3 Å². The van der Waals surface area contributed by atoms with Gasteiger partial charge in [0, 0.05) is 37.6 Å². The molecule has 0 atom stereocenters. The molecule has 0 spiro atoms. The summed E-state index contributed by atoms with van der Waals surface area (Å²) in [6, 6.07) is 4.03. The number of aromatic nitrogens is 4. The van der Waals surface area contributed by atoms with Gasteiger partial charge in [0.25, 0.3) is 0 Å². The molecular formula is C19H21N7O. The summed E-state index contributed by atoms with van der Waals surface area (Å²) < 4.78 is 0. The van der Waals surface area contributed by atoms with Crippen molar-refractivity contribution in [2.45, 2.75) is 19.8 Å². The maximum absolute atomic E-state index is 12.5. The molecule has 1 fully saturated rings. The molecule has 1 N–H and O–H groups in total. The van der Waals surface area contributed by atoms with Gasteiger partial charge in [0.1, 0.15) is 23.8 Å². The molecule has 0 aliphatic carbocycles. The number of piperidine rings is 1. The minimum Gasteiger partial charge on any atom is -0.356 e. The molecule has 0 unspecified atom stereocenters. The van der Waals surface area contributed by atoms with E-state index in [-0.39, 0.29) is 18.4 Å². The van der Waals surface area contributed by atoms with E-state index in [1.54, 1.807) is 13.2 Å². The van der Waals surface area contributed by atoms with Crippen molar-refractivity contribution in [2.75, 3.05) is 31.6 Å². The molecule has 1 saturated heterocycles. The van der Waals surface area contributed by atoms with Crippen molar-refractivity contribution in [2.24, 2.45) is 5.92 Å². The van der Waals surface area contributed by atoms with Crippen LogP contribution in [0.3, 0.4) is 0 Å². The van der Waals surface area contributed by atoms with Gasteiger partial charge in [0.15, 0.2) is 0 Å². The predicted octanol–water partition coefficient (Wildman–Crippen LogP) is 2.01. The number of H-pyrrole nitrogens is 1. The van der Waals surface area contributed by atoms with Crippen LogP contribution in [0.2, 0.25) is 0 Å². The number of pyridine rings is 1. The van der Waals surface area contributed by atoms with E-state index in [0.29, 0.717) is 5.82 Å². The Balaban J connectivity index is 1.64. The van der Waals surface area contributed by atoms with Gasteiger partial charge in [-0.2, -0.15) is 5.26 Å². The fraction of sp³-hybridized carbons (Fsp3) is 0.421. The molecule has 0 bridgehead atoms. The number of carbonyl (C=O) groups excluding carboxylic acids is 1. The molecule has 1 aliphatic heterocycles. The SMILES string of the molecule is Cc1nc(N2CCC(C(=O)N(C)CC#N)CC2)c2c(cnc3[nH]ccc32)n1. The number of nitriles is 1. The van der Waals surface area contributed by atoms with Crippen LogP contribution in [0.5, 0.6) is 0 Å². The minimum absolute atomic E-state index is 0.0391. The lowest BCUT2D eigenvalue weighted by molar-refractivity contribution is -0.134. The standard InChI is InChI=1S/C19H21N7O/c1-12-23-15-11-22-17-14(3-7-21-17)16(15)18(24-12)26-8-4-13(5-9-26)19(27)25(2)10-6-20/h3,7,11,13H,4-5,8-10H2,1-2H3,(H,21,22). The van der Waals surface area contributed by atoms with Crippen LogP contribution in [0.25, 0.3) is 21.9 Å². The molecule has 8 nitrogen and oxygen atoms in total. The Kier molecular flexibility index (Phi) is 4.36. The smallest absolute Gasteiger partial charge is 0.226 e. The molecule has 0 aromatic carbocycles. The Hall–Kier alpha value is -3.21. The van der Waals surface area contributed by atoms with Crippen LogP contribution in [0.4, 0.5) is 5.82 Å². The van der Waals surface area contributed by atoms with Gasteiger partial charge in [-0.25, -0.2) is 15.0 Å². The van der Waals surface area contributed by atoms with Gasteiger partial charge in [-0.15, -0.1) is 0 Å². The second kappa shape index (κ2) is 6.83. The molecule has 3 aromatic heterocycles. The fourth-order valence-electron chi connectivity index (χ4n) is 3.79. The maximum atomic E-state index is 12.5. The van der Waals surface area contributed by atoms with Crippen LogP contribution in [-0.4, -0.2) is 57.4 Å². The third-order valence-electron chi connectivity index (χ3n) is 5.17. The van der Waals surface area contributed by atoms with Gasteiger partial charge in [-0.05, 0) is 25.8 Å². The highest BCUT2D eigenvalue weighted by atomic mass is 16.2. The normalized spacial score (nSPS) is 15.2. The molecule has 0 saturated carbocycles. The predicted molar refractivity (Wildman–Crippen MR) is 102 cm³/mol. The Labute approximate surface area is 156 Å². The molecule has 4 heterocycles.